The largest absolute Gasteiger partial charge is 0.444 e. The van der Waals surface area contributed by atoms with Gasteiger partial charge >= 0.3 is 6.09 Å². The van der Waals surface area contributed by atoms with Crippen molar-refractivity contribution in [2.24, 2.45) is 0 Å². The molecule has 1 fully saturated rings. The van der Waals surface area contributed by atoms with Crippen molar-refractivity contribution in [2.75, 3.05) is 13.2 Å². The first-order valence-electron chi connectivity index (χ1n) is 11.2. The van der Waals surface area contributed by atoms with Crippen molar-refractivity contribution in [1.82, 2.24) is 4.90 Å². The van der Waals surface area contributed by atoms with Crippen LogP contribution in [0.1, 0.15) is 70.4 Å². The number of rotatable bonds is 9. The third-order valence-electron chi connectivity index (χ3n) is 5.43. The molecule has 2 rings (SSSR count). The minimum absolute atomic E-state index is 0.0277. The first-order chi connectivity index (χ1) is 15.2. The lowest BCUT2D eigenvalue weighted by atomic mass is 9.91. The monoisotopic (exact) mass is 509 g/mol. The highest BCUT2D eigenvalue weighted by atomic mass is 35.7. The lowest BCUT2D eigenvalue weighted by Crippen LogP contribution is -2.46. The standard InChI is InChI=1S/C23H34ClF2NO5S/c1-17-7-8-20(33(24,29)30)18(15-17)16-31-14-6-5-13-27(21(28)32-22(2,3)4)19-9-11-23(25,26)12-10-19/h7-8,15,19H,5-6,9-14,16H2,1-4H3. The lowest BCUT2D eigenvalue weighted by Gasteiger charge is -2.37. The van der Waals surface area contributed by atoms with Crippen LogP contribution in [-0.2, 0) is 25.1 Å². The number of hydrogen-bond acceptors (Lipinski definition) is 5. The van der Waals surface area contributed by atoms with Crippen LogP contribution >= 0.6 is 10.7 Å². The molecule has 0 unspecified atom stereocenters. The van der Waals surface area contributed by atoms with Gasteiger partial charge in [0.2, 0.25) is 5.92 Å². The van der Waals surface area contributed by atoms with Crippen molar-refractivity contribution in [3.8, 4) is 0 Å². The number of carbonyl (C=O) groups is 1. The van der Waals surface area contributed by atoms with Crippen LogP contribution in [0.4, 0.5) is 13.6 Å². The fraction of sp³-hybridized carbons (Fsp3) is 0.696. The maximum Gasteiger partial charge on any atom is 0.410 e. The second kappa shape index (κ2) is 11.3. The summed E-state index contributed by atoms with van der Waals surface area (Å²) in [6, 6.07) is 4.58. The molecule has 0 saturated heterocycles. The summed E-state index contributed by atoms with van der Waals surface area (Å²) < 4.78 is 61.8. The van der Waals surface area contributed by atoms with E-state index in [9.17, 15) is 22.0 Å². The highest BCUT2D eigenvalue weighted by Gasteiger charge is 2.39. The summed E-state index contributed by atoms with van der Waals surface area (Å²) in [5.74, 6) is -2.67. The number of nitrogens with zero attached hydrogens (tertiary/aromatic N) is 1. The van der Waals surface area contributed by atoms with Crippen LogP contribution in [0.5, 0.6) is 0 Å². The van der Waals surface area contributed by atoms with Gasteiger partial charge in [0.25, 0.3) is 9.05 Å². The second-order valence-corrected chi connectivity index (χ2v) is 12.1. The fourth-order valence-corrected chi connectivity index (χ4v) is 4.92. The second-order valence-electron chi connectivity index (χ2n) is 9.57. The zero-order chi connectivity index (χ0) is 24.9. The van der Waals surface area contributed by atoms with Crippen LogP contribution in [0.25, 0.3) is 0 Å². The van der Waals surface area contributed by atoms with E-state index in [1.54, 1.807) is 37.8 Å². The molecule has 33 heavy (non-hydrogen) atoms. The first kappa shape index (κ1) is 27.8. The molecule has 1 aromatic rings. The van der Waals surface area contributed by atoms with Crippen molar-refractivity contribution in [2.45, 2.75) is 95.3 Å². The van der Waals surface area contributed by atoms with Crippen molar-refractivity contribution < 1.29 is 31.5 Å². The van der Waals surface area contributed by atoms with E-state index in [0.29, 0.717) is 31.6 Å². The average molecular weight is 510 g/mol. The van der Waals surface area contributed by atoms with Gasteiger partial charge < -0.3 is 14.4 Å². The molecule has 0 heterocycles. The molecule has 0 bridgehead atoms. The first-order valence-corrected chi connectivity index (χ1v) is 13.5. The Labute approximate surface area is 200 Å². The van der Waals surface area contributed by atoms with E-state index in [2.05, 4.69) is 0 Å². The third kappa shape index (κ3) is 9.37. The molecule has 1 saturated carbocycles. The summed E-state index contributed by atoms with van der Waals surface area (Å²) in [5.41, 5.74) is 0.706. The van der Waals surface area contributed by atoms with Crippen molar-refractivity contribution >= 4 is 25.8 Å². The molecule has 0 atom stereocenters. The molecule has 1 aliphatic carbocycles. The van der Waals surface area contributed by atoms with Gasteiger partial charge in [-0.3, -0.25) is 0 Å². The number of alkyl halides is 2. The zero-order valence-electron chi connectivity index (χ0n) is 19.7. The Morgan fingerprint density at radius 3 is 2.42 bits per heavy atom. The summed E-state index contributed by atoms with van der Waals surface area (Å²) in [6.45, 7) is 7.98. The highest BCUT2D eigenvalue weighted by molar-refractivity contribution is 8.13. The summed E-state index contributed by atoms with van der Waals surface area (Å²) in [4.78, 5) is 14.3. The molecular formula is C23H34ClF2NO5S. The molecule has 6 nitrogen and oxygen atoms in total. The van der Waals surface area contributed by atoms with E-state index in [0.717, 1.165) is 5.56 Å². The molecule has 10 heteroatoms. The number of halogens is 3. The van der Waals surface area contributed by atoms with E-state index >= 15 is 0 Å². The third-order valence-corrected chi connectivity index (χ3v) is 6.85. The molecule has 188 valence electrons. The van der Waals surface area contributed by atoms with Gasteiger partial charge in [0, 0.05) is 42.7 Å². The van der Waals surface area contributed by atoms with Crippen LogP contribution in [0, 0.1) is 6.92 Å². The van der Waals surface area contributed by atoms with Gasteiger partial charge in [-0.15, -0.1) is 0 Å². The number of amides is 1. The Bertz CT molecular complexity index is 908. The minimum Gasteiger partial charge on any atom is -0.444 e. The topological polar surface area (TPSA) is 72.9 Å². The summed E-state index contributed by atoms with van der Waals surface area (Å²) >= 11 is 0. The van der Waals surface area contributed by atoms with E-state index in [1.165, 1.54) is 6.07 Å². The van der Waals surface area contributed by atoms with E-state index in [4.69, 9.17) is 20.2 Å². The Hall–Kier alpha value is -1.45. The van der Waals surface area contributed by atoms with E-state index in [-0.39, 0.29) is 43.2 Å². The predicted molar refractivity (Wildman–Crippen MR) is 123 cm³/mol. The van der Waals surface area contributed by atoms with Crippen LogP contribution in [0.2, 0.25) is 0 Å². The van der Waals surface area contributed by atoms with Gasteiger partial charge in [-0.2, -0.15) is 0 Å². The SMILES string of the molecule is Cc1ccc(S(=O)(=O)Cl)c(COCCCCN(C(=O)OC(C)(C)C)C2CCC(F)(F)CC2)c1. The van der Waals surface area contributed by atoms with Gasteiger partial charge in [0.1, 0.15) is 5.60 Å². The quantitative estimate of drug-likeness (QED) is 0.300. The molecule has 0 aromatic heterocycles. The fourth-order valence-electron chi connectivity index (χ4n) is 3.81. The molecule has 1 amide bonds. The Morgan fingerprint density at radius 1 is 1.21 bits per heavy atom. The summed E-state index contributed by atoms with van der Waals surface area (Å²) in [7, 11) is 1.63. The summed E-state index contributed by atoms with van der Waals surface area (Å²) in [5, 5.41) is 0. The number of benzene rings is 1. The Morgan fingerprint density at radius 2 is 1.85 bits per heavy atom. The van der Waals surface area contributed by atoms with Crippen LogP contribution < -0.4 is 0 Å². The maximum absolute atomic E-state index is 13.6. The molecule has 0 aliphatic heterocycles. The van der Waals surface area contributed by atoms with Gasteiger partial charge in [0.05, 0.1) is 11.5 Å². The van der Waals surface area contributed by atoms with E-state index in [1.807, 2.05) is 6.92 Å². The van der Waals surface area contributed by atoms with Crippen molar-refractivity contribution in [3.05, 3.63) is 29.3 Å². The molecule has 0 spiro atoms. The normalized spacial score (nSPS) is 17.1. The number of carbonyl (C=O) groups excluding carboxylic acids is 1. The average Bonchev–Trinajstić information content (AvgIpc) is 2.65. The highest BCUT2D eigenvalue weighted by Crippen LogP contribution is 2.35. The molecular weight excluding hydrogens is 476 g/mol. The van der Waals surface area contributed by atoms with Gasteiger partial charge in [-0.05, 0) is 65.0 Å². The number of hydrogen-bond donors (Lipinski definition) is 0. The zero-order valence-corrected chi connectivity index (χ0v) is 21.3. The van der Waals surface area contributed by atoms with Crippen molar-refractivity contribution in [1.29, 1.82) is 0 Å². The maximum atomic E-state index is 13.6. The van der Waals surface area contributed by atoms with Gasteiger partial charge in [0.15, 0.2) is 0 Å². The smallest absolute Gasteiger partial charge is 0.410 e. The minimum atomic E-state index is -3.87. The van der Waals surface area contributed by atoms with Crippen LogP contribution in [-0.4, -0.2) is 50.1 Å². The summed E-state index contributed by atoms with van der Waals surface area (Å²) in [6.07, 6.45) is 0.732. The molecule has 1 aromatic carbocycles. The van der Waals surface area contributed by atoms with E-state index < -0.39 is 26.7 Å². The van der Waals surface area contributed by atoms with Crippen LogP contribution in [0.3, 0.4) is 0 Å². The molecule has 1 aliphatic rings. The number of aryl methyl sites for hydroxylation is 1. The number of ether oxygens (including phenoxy) is 2. The molecule has 0 N–H and O–H groups in total. The van der Waals surface area contributed by atoms with Gasteiger partial charge in [-0.1, -0.05) is 17.7 Å². The van der Waals surface area contributed by atoms with Crippen molar-refractivity contribution in [3.63, 3.8) is 0 Å². The lowest BCUT2D eigenvalue weighted by molar-refractivity contribution is -0.0572. The van der Waals surface area contributed by atoms with Gasteiger partial charge in [-0.25, -0.2) is 22.0 Å². The predicted octanol–water partition coefficient (Wildman–Crippen LogP) is 6.03. The van der Waals surface area contributed by atoms with Crippen LogP contribution in [0.15, 0.2) is 23.1 Å². The number of unbranched alkanes of at least 4 members (excludes halogenated alkanes) is 1. The molecule has 0 radical (unpaired) electrons. The Balaban J connectivity index is 1.89. The Kier molecular flexibility index (Phi) is 9.53.